The van der Waals surface area contributed by atoms with Crippen molar-refractivity contribution in [2.75, 3.05) is 0 Å². The number of hydrogen-bond donors (Lipinski definition) is 0. The van der Waals surface area contributed by atoms with E-state index in [-0.39, 0.29) is 5.56 Å². The van der Waals surface area contributed by atoms with Crippen molar-refractivity contribution in [2.45, 2.75) is 33.9 Å². The molecule has 0 bridgehead atoms. The highest BCUT2D eigenvalue weighted by Crippen LogP contribution is 2.09. The summed E-state index contributed by atoms with van der Waals surface area (Å²) >= 11 is 3.27. The highest BCUT2D eigenvalue weighted by molar-refractivity contribution is 9.10. The van der Waals surface area contributed by atoms with Gasteiger partial charge in [-0.15, -0.1) is 0 Å². The van der Waals surface area contributed by atoms with E-state index in [1.54, 1.807) is 17.8 Å². The van der Waals surface area contributed by atoms with Crippen LogP contribution in [0.1, 0.15) is 24.0 Å². The minimum absolute atomic E-state index is 0.0657. The van der Waals surface area contributed by atoms with Crippen LogP contribution in [0.25, 0.3) is 0 Å². The molecule has 2 aromatic rings. The molecule has 0 radical (unpaired) electrons. The van der Waals surface area contributed by atoms with Crippen LogP contribution in [0.3, 0.4) is 0 Å². The van der Waals surface area contributed by atoms with E-state index in [0.29, 0.717) is 16.7 Å². The summed E-state index contributed by atoms with van der Waals surface area (Å²) in [5, 5.41) is 4.36. The monoisotopic (exact) mass is 310 g/mol. The summed E-state index contributed by atoms with van der Waals surface area (Å²) < 4.78 is 4.00. The van der Waals surface area contributed by atoms with Crippen molar-refractivity contribution in [1.82, 2.24) is 19.3 Å². The maximum atomic E-state index is 12.0. The average Bonchev–Trinajstić information content (AvgIpc) is 2.70. The second-order valence-corrected chi connectivity index (χ2v) is 4.96. The molecule has 0 atom stereocenters. The molecule has 0 fully saturated rings. The molecule has 96 valence electrons. The van der Waals surface area contributed by atoms with Crippen LogP contribution in [0.15, 0.2) is 21.7 Å². The van der Waals surface area contributed by atoms with E-state index in [1.807, 2.05) is 24.6 Å². The summed E-state index contributed by atoms with van der Waals surface area (Å²) in [4.78, 5) is 16.2. The molecule has 5 nitrogen and oxygen atoms in total. The zero-order chi connectivity index (χ0) is 13.3. The largest absolute Gasteiger partial charge is 0.292 e. The zero-order valence-electron chi connectivity index (χ0n) is 10.6. The summed E-state index contributed by atoms with van der Waals surface area (Å²) in [5.74, 6) is 0. The summed E-state index contributed by atoms with van der Waals surface area (Å²) in [7, 11) is 0. The first-order chi connectivity index (χ1) is 8.52. The molecule has 6 heteroatoms. The standard InChI is InChI=1S/C12H15BrN4O/c1-4-17-10(5-8(2)15-17)6-16-7-14-9(3)11(13)12(16)18/h5,7H,4,6H2,1-3H3. The van der Waals surface area contributed by atoms with Gasteiger partial charge in [0, 0.05) is 6.54 Å². The molecule has 0 aromatic carbocycles. The lowest BCUT2D eigenvalue weighted by Gasteiger charge is -2.08. The van der Waals surface area contributed by atoms with Crippen LogP contribution in [0, 0.1) is 13.8 Å². The summed E-state index contributed by atoms with van der Waals surface area (Å²) in [5.41, 5.74) is 2.61. The second kappa shape index (κ2) is 5.06. The average molecular weight is 311 g/mol. The normalized spacial score (nSPS) is 10.9. The number of aromatic nitrogens is 4. The molecule has 0 aliphatic rings. The Hall–Kier alpha value is -1.43. The summed E-state index contributed by atoms with van der Waals surface area (Å²) in [6.07, 6.45) is 1.57. The molecule has 0 unspecified atom stereocenters. The predicted octanol–water partition coefficient (Wildman–Crippen LogP) is 1.89. The van der Waals surface area contributed by atoms with Gasteiger partial charge in [-0.2, -0.15) is 5.10 Å². The van der Waals surface area contributed by atoms with Crippen LogP contribution in [-0.2, 0) is 13.1 Å². The van der Waals surface area contributed by atoms with Gasteiger partial charge < -0.3 is 0 Å². The number of nitrogens with zero attached hydrogens (tertiary/aromatic N) is 4. The van der Waals surface area contributed by atoms with Gasteiger partial charge in [-0.05, 0) is 42.8 Å². The Kier molecular flexibility index (Phi) is 3.65. The molecule has 0 amide bonds. The van der Waals surface area contributed by atoms with E-state index < -0.39 is 0 Å². The van der Waals surface area contributed by atoms with Crippen molar-refractivity contribution in [1.29, 1.82) is 0 Å². The fourth-order valence-electron chi connectivity index (χ4n) is 1.83. The lowest BCUT2D eigenvalue weighted by atomic mass is 10.3. The molecule has 0 aliphatic heterocycles. The van der Waals surface area contributed by atoms with Crippen LogP contribution in [0.4, 0.5) is 0 Å². The van der Waals surface area contributed by atoms with E-state index in [1.165, 1.54) is 0 Å². The third-order valence-corrected chi connectivity index (χ3v) is 3.69. The van der Waals surface area contributed by atoms with Gasteiger partial charge in [-0.25, -0.2) is 4.98 Å². The van der Waals surface area contributed by atoms with Crippen molar-refractivity contribution < 1.29 is 0 Å². The lowest BCUT2D eigenvalue weighted by molar-refractivity contribution is 0.586. The highest BCUT2D eigenvalue weighted by Gasteiger charge is 2.09. The van der Waals surface area contributed by atoms with E-state index in [4.69, 9.17) is 0 Å². The number of aryl methyl sites for hydroxylation is 3. The van der Waals surface area contributed by atoms with Crippen molar-refractivity contribution in [3.05, 3.63) is 44.3 Å². The Bertz CT molecular complexity index is 629. The molecule has 0 saturated carbocycles. The Morgan fingerprint density at radius 3 is 2.78 bits per heavy atom. The quantitative estimate of drug-likeness (QED) is 0.870. The third kappa shape index (κ3) is 2.38. The van der Waals surface area contributed by atoms with Gasteiger partial charge in [0.25, 0.3) is 5.56 Å². The summed E-state index contributed by atoms with van der Waals surface area (Å²) in [6, 6.07) is 1.99. The molecule has 18 heavy (non-hydrogen) atoms. The molecule has 2 heterocycles. The van der Waals surface area contributed by atoms with Gasteiger partial charge in [0.1, 0.15) is 4.47 Å². The molecular formula is C12H15BrN4O. The molecule has 0 N–H and O–H groups in total. The van der Waals surface area contributed by atoms with Gasteiger partial charge in [-0.1, -0.05) is 0 Å². The number of rotatable bonds is 3. The number of halogens is 1. The SMILES string of the molecule is CCn1nc(C)cc1Cn1cnc(C)c(Br)c1=O. The molecule has 0 saturated heterocycles. The van der Waals surface area contributed by atoms with Gasteiger partial charge in [-0.3, -0.25) is 14.0 Å². The Labute approximate surface area is 114 Å². The first-order valence-electron chi connectivity index (χ1n) is 5.77. The van der Waals surface area contributed by atoms with E-state index in [2.05, 4.69) is 26.0 Å². The van der Waals surface area contributed by atoms with Crippen LogP contribution < -0.4 is 5.56 Å². The van der Waals surface area contributed by atoms with Crippen molar-refractivity contribution in [3.63, 3.8) is 0 Å². The fourth-order valence-corrected chi connectivity index (χ4v) is 2.16. The number of hydrogen-bond acceptors (Lipinski definition) is 3. The van der Waals surface area contributed by atoms with Crippen LogP contribution in [0.2, 0.25) is 0 Å². The van der Waals surface area contributed by atoms with Crippen LogP contribution in [0.5, 0.6) is 0 Å². The Balaban J connectivity index is 2.40. The van der Waals surface area contributed by atoms with Gasteiger partial charge in [0.15, 0.2) is 0 Å². The van der Waals surface area contributed by atoms with Crippen LogP contribution >= 0.6 is 15.9 Å². The third-order valence-electron chi connectivity index (χ3n) is 2.77. The first kappa shape index (κ1) is 13.0. The highest BCUT2D eigenvalue weighted by atomic mass is 79.9. The van der Waals surface area contributed by atoms with Crippen molar-refractivity contribution in [2.24, 2.45) is 0 Å². The summed E-state index contributed by atoms with van der Waals surface area (Å²) in [6.45, 7) is 7.05. The van der Waals surface area contributed by atoms with E-state index in [0.717, 1.165) is 17.9 Å². The maximum Gasteiger partial charge on any atom is 0.268 e. The topological polar surface area (TPSA) is 52.7 Å². The molecule has 2 rings (SSSR count). The Morgan fingerprint density at radius 1 is 1.39 bits per heavy atom. The molecule has 0 aliphatic carbocycles. The van der Waals surface area contributed by atoms with Gasteiger partial charge >= 0.3 is 0 Å². The van der Waals surface area contributed by atoms with E-state index in [9.17, 15) is 4.79 Å². The van der Waals surface area contributed by atoms with Crippen molar-refractivity contribution in [3.8, 4) is 0 Å². The Morgan fingerprint density at radius 2 is 2.11 bits per heavy atom. The van der Waals surface area contributed by atoms with Crippen molar-refractivity contribution >= 4 is 15.9 Å². The maximum absolute atomic E-state index is 12.0. The minimum Gasteiger partial charge on any atom is -0.292 e. The second-order valence-electron chi connectivity index (χ2n) is 4.17. The smallest absolute Gasteiger partial charge is 0.268 e. The molecular weight excluding hydrogens is 296 g/mol. The minimum atomic E-state index is -0.0657. The lowest BCUT2D eigenvalue weighted by Crippen LogP contribution is -2.23. The first-order valence-corrected chi connectivity index (χ1v) is 6.57. The van der Waals surface area contributed by atoms with Crippen LogP contribution in [-0.4, -0.2) is 19.3 Å². The molecule has 2 aromatic heterocycles. The van der Waals surface area contributed by atoms with E-state index >= 15 is 0 Å². The van der Waals surface area contributed by atoms with Gasteiger partial charge in [0.2, 0.25) is 0 Å². The molecule has 0 spiro atoms. The fraction of sp³-hybridized carbons (Fsp3) is 0.417. The zero-order valence-corrected chi connectivity index (χ0v) is 12.2. The van der Waals surface area contributed by atoms with Gasteiger partial charge in [0.05, 0.1) is 30.0 Å². The predicted molar refractivity (Wildman–Crippen MR) is 72.7 cm³/mol.